The second kappa shape index (κ2) is 3.84. The molecule has 0 atom stereocenters. The fourth-order valence-electron chi connectivity index (χ4n) is 1.04. The van der Waals surface area contributed by atoms with E-state index < -0.39 is 0 Å². The molecule has 1 aromatic rings. The molecule has 0 aliphatic carbocycles. The molecule has 1 nitrogen and oxygen atoms in total. The van der Waals surface area contributed by atoms with Crippen molar-refractivity contribution in [3.8, 4) is 5.75 Å². The summed E-state index contributed by atoms with van der Waals surface area (Å²) in [6, 6.07) is 7.16. The number of benzene rings is 1. The van der Waals surface area contributed by atoms with Gasteiger partial charge in [-0.3, -0.25) is 0 Å². The molecule has 72 valence electrons. The number of thiol groups is 2. The second-order valence-electron chi connectivity index (χ2n) is 3.64. The Morgan fingerprint density at radius 2 is 1.62 bits per heavy atom. The summed E-state index contributed by atoms with van der Waals surface area (Å²) in [5, 5.41) is 9.12. The first-order valence-corrected chi connectivity index (χ1v) is 5.13. The highest BCUT2D eigenvalue weighted by Crippen LogP contribution is 2.33. The molecule has 3 heteroatoms. The van der Waals surface area contributed by atoms with Crippen molar-refractivity contribution in [3.63, 3.8) is 0 Å². The van der Waals surface area contributed by atoms with Crippen LogP contribution < -0.4 is 0 Å². The van der Waals surface area contributed by atoms with E-state index >= 15 is 0 Å². The Balaban J connectivity index is 3.01. The molecule has 0 bridgehead atoms. The Hall–Kier alpha value is -0.280. The van der Waals surface area contributed by atoms with Crippen LogP contribution in [-0.4, -0.2) is 9.69 Å². The van der Waals surface area contributed by atoms with Gasteiger partial charge in [-0.15, -0.1) is 0 Å². The third-order valence-corrected chi connectivity index (χ3v) is 3.55. The smallest absolute Gasteiger partial charge is 0.115 e. The van der Waals surface area contributed by atoms with Crippen LogP contribution in [0.2, 0.25) is 0 Å². The van der Waals surface area contributed by atoms with Crippen LogP contribution in [-0.2, 0) is 5.41 Å². The van der Waals surface area contributed by atoms with Gasteiger partial charge < -0.3 is 5.11 Å². The molecular formula is C10H14OS2. The summed E-state index contributed by atoms with van der Waals surface area (Å²) in [6.07, 6.45) is 0. The summed E-state index contributed by atoms with van der Waals surface area (Å²) in [5.74, 6) is 0.287. The molecule has 0 saturated heterocycles. The monoisotopic (exact) mass is 214 g/mol. The highest BCUT2D eigenvalue weighted by atomic mass is 32.2. The minimum Gasteiger partial charge on any atom is -0.508 e. The van der Waals surface area contributed by atoms with Gasteiger partial charge in [-0.25, -0.2) is 0 Å². The molecule has 0 aromatic heterocycles. The van der Waals surface area contributed by atoms with Gasteiger partial charge in [0.25, 0.3) is 0 Å². The lowest BCUT2D eigenvalue weighted by molar-refractivity contribution is 0.474. The SMILES string of the molecule is CC(C)(c1ccc(O)cc1)C(S)S. The van der Waals surface area contributed by atoms with Gasteiger partial charge in [-0.1, -0.05) is 26.0 Å². The van der Waals surface area contributed by atoms with Crippen molar-refractivity contribution in [1.29, 1.82) is 0 Å². The second-order valence-corrected chi connectivity index (χ2v) is 5.08. The lowest BCUT2D eigenvalue weighted by atomic mass is 9.86. The van der Waals surface area contributed by atoms with Crippen LogP contribution in [0, 0.1) is 0 Å². The topological polar surface area (TPSA) is 20.2 Å². The van der Waals surface area contributed by atoms with E-state index in [1.54, 1.807) is 12.1 Å². The van der Waals surface area contributed by atoms with Crippen LogP contribution in [0.3, 0.4) is 0 Å². The van der Waals surface area contributed by atoms with E-state index in [4.69, 9.17) is 5.11 Å². The maximum absolute atomic E-state index is 9.12. The molecule has 0 aliphatic heterocycles. The van der Waals surface area contributed by atoms with Crippen molar-refractivity contribution in [3.05, 3.63) is 29.8 Å². The fraction of sp³-hybridized carbons (Fsp3) is 0.400. The number of phenolic OH excluding ortho intramolecular Hbond substituents is 1. The van der Waals surface area contributed by atoms with Gasteiger partial charge in [0.15, 0.2) is 0 Å². The Morgan fingerprint density at radius 1 is 1.15 bits per heavy atom. The number of aromatic hydroxyl groups is 1. The Kier molecular flexibility index (Phi) is 3.19. The van der Waals surface area contributed by atoms with Crippen LogP contribution in [0.15, 0.2) is 24.3 Å². The minimum atomic E-state index is -0.0973. The van der Waals surface area contributed by atoms with Crippen LogP contribution >= 0.6 is 25.3 Å². The molecule has 0 radical (unpaired) electrons. The predicted molar refractivity (Wildman–Crippen MR) is 62.9 cm³/mol. The minimum absolute atomic E-state index is 0.0166. The Morgan fingerprint density at radius 3 is 2.00 bits per heavy atom. The predicted octanol–water partition coefficient (Wildman–Crippen LogP) is 2.86. The summed E-state index contributed by atoms with van der Waals surface area (Å²) in [6.45, 7) is 4.15. The molecular weight excluding hydrogens is 200 g/mol. The lowest BCUT2D eigenvalue weighted by Crippen LogP contribution is -2.25. The standard InChI is InChI=1S/C10H14OS2/c1-10(2,9(12)13)7-3-5-8(11)6-4-7/h3-6,9,11-13H,1-2H3. The van der Waals surface area contributed by atoms with E-state index in [1.165, 1.54) is 0 Å². The first-order chi connectivity index (χ1) is 5.94. The van der Waals surface area contributed by atoms with E-state index in [-0.39, 0.29) is 15.7 Å². The van der Waals surface area contributed by atoms with Gasteiger partial charge >= 0.3 is 0 Å². The van der Waals surface area contributed by atoms with Crippen molar-refractivity contribution in [1.82, 2.24) is 0 Å². The van der Waals surface area contributed by atoms with E-state index in [1.807, 2.05) is 12.1 Å². The first-order valence-electron chi connectivity index (χ1n) is 4.10. The number of hydrogen-bond acceptors (Lipinski definition) is 3. The van der Waals surface area contributed by atoms with Crippen LogP contribution in [0.25, 0.3) is 0 Å². The summed E-state index contributed by atoms with van der Waals surface area (Å²) in [7, 11) is 0. The molecule has 1 aromatic carbocycles. The quantitative estimate of drug-likeness (QED) is 0.511. The van der Waals surface area contributed by atoms with Crippen molar-refractivity contribution in [2.45, 2.75) is 23.8 Å². The highest BCUT2D eigenvalue weighted by Gasteiger charge is 2.25. The Labute approximate surface area is 90.0 Å². The molecule has 1 rings (SSSR count). The van der Waals surface area contributed by atoms with E-state index in [0.29, 0.717) is 0 Å². The number of phenols is 1. The molecule has 0 saturated carbocycles. The van der Waals surface area contributed by atoms with Crippen molar-refractivity contribution in [2.75, 3.05) is 0 Å². The van der Waals surface area contributed by atoms with Crippen LogP contribution in [0.1, 0.15) is 19.4 Å². The van der Waals surface area contributed by atoms with Crippen molar-refractivity contribution < 1.29 is 5.11 Å². The molecule has 0 unspecified atom stereocenters. The molecule has 0 fully saturated rings. The summed E-state index contributed by atoms with van der Waals surface area (Å²) in [4.78, 5) is 0. The van der Waals surface area contributed by atoms with Gasteiger partial charge in [0.1, 0.15) is 5.75 Å². The number of rotatable bonds is 2. The molecule has 1 N–H and O–H groups in total. The van der Waals surface area contributed by atoms with Gasteiger partial charge in [0.2, 0.25) is 0 Å². The van der Waals surface area contributed by atoms with Crippen molar-refractivity contribution in [2.24, 2.45) is 0 Å². The zero-order chi connectivity index (χ0) is 10.1. The fourth-order valence-corrected chi connectivity index (χ4v) is 1.34. The first kappa shape index (κ1) is 10.8. The van der Waals surface area contributed by atoms with Gasteiger partial charge in [-0.05, 0) is 17.7 Å². The van der Waals surface area contributed by atoms with Crippen molar-refractivity contribution >= 4 is 25.3 Å². The van der Waals surface area contributed by atoms with Gasteiger partial charge in [-0.2, -0.15) is 25.3 Å². The molecule has 0 amide bonds. The average Bonchev–Trinajstić information content (AvgIpc) is 2.04. The molecule has 0 heterocycles. The molecule has 13 heavy (non-hydrogen) atoms. The largest absolute Gasteiger partial charge is 0.508 e. The summed E-state index contributed by atoms with van der Waals surface area (Å²) >= 11 is 8.64. The number of hydrogen-bond donors (Lipinski definition) is 3. The normalized spacial score (nSPS) is 12.1. The highest BCUT2D eigenvalue weighted by molar-refractivity contribution is 7.99. The maximum atomic E-state index is 9.12. The van der Waals surface area contributed by atoms with E-state index in [9.17, 15) is 0 Å². The Bertz CT molecular complexity index is 277. The zero-order valence-electron chi connectivity index (χ0n) is 7.73. The van der Waals surface area contributed by atoms with Crippen LogP contribution in [0.4, 0.5) is 0 Å². The lowest BCUT2D eigenvalue weighted by Gasteiger charge is -2.28. The van der Waals surface area contributed by atoms with Gasteiger partial charge in [0.05, 0.1) is 4.58 Å². The van der Waals surface area contributed by atoms with Gasteiger partial charge in [0, 0.05) is 5.41 Å². The van der Waals surface area contributed by atoms with E-state index in [2.05, 4.69) is 39.1 Å². The zero-order valence-corrected chi connectivity index (χ0v) is 9.52. The van der Waals surface area contributed by atoms with E-state index in [0.717, 1.165) is 5.56 Å². The average molecular weight is 214 g/mol. The van der Waals surface area contributed by atoms with Crippen LogP contribution in [0.5, 0.6) is 5.75 Å². The third-order valence-electron chi connectivity index (χ3n) is 2.26. The third kappa shape index (κ3) is 2.35. The summed E-state index contributed by atoms with van der Waals surface area (Å²) < 4.78 is -0.0166. The summed E-state index contributed by atoms with van der Waals surface area (Å²) in [5.41, 5.74) is 1.03. The molecule has 0 spiro atoms. The maximum Gasteiger partial charge on any atom is 0.115 e. The molecule has 0 aliphatic rings.